The number of aryl methyl sites for hydroxylation is 1. The Balaban J connectivity index is 1.60. The summed E-state index contributed by atoms with van der Waals surface area (Å²) in [7, 11) is -2.03. The number of aromatic nitrogens is 2. The number of thioether (sulfide) groups is 1. The van der Waals surface area contributed by atoms with Crippen molar-refractivity contribution in [2.75, 3.05) is 50.2 Å². The molecule has 0 saturated carbocycles. The Bertz CT molecular complexity index is 1890. The lowest BCUT2D eigenvalue weighted by molar-refractivity contribution is -0.128. The predicted octanol–water partition coefficient (Wildman–Crippen LogP) is 3.27. The molecule has 2 aromatic carbocycles. The lowest BCUT2D eigenvalue weighted by Gasteiger charge is -2.44. The van der Waals surface area contributed by atoms with Gasteiger partial charge in [-0.1, -0.05) is 18.2 Å². The molecule has 234 valence electrons. The van der Waals surface area contributed by atoms with Crippen LogP contribution in [0.25, 0.3) is 22.0 Å². The lowest BCUT2D eigenvalue weighted by Crippen LogP contribution is -2.61. The number of hydrogen-bond donors (Lipinski definition) is 0. The molecular formula is C29H30ClF2N5O5S2. The number of carbonyl (C=O) groups is 1. The Hall–Kier alpha value is -3.04. The minimum atomic E-state index is -3.58. The molecule has 44 heavy (non-hydrogen) atoms. The standard InChI is InChI=1S/C29H30ClF2N5O5S2/c1-5-24(38)35-6-7-36(23-13-34(12-22(23)35)44(4,40)41)28-18-8-15(2)25(17-9-19(30)21(32)10-20(17)31)27-26(18)37(29(39)33-28)11-16(42-3)14-43-27/h5,8-10,16,22-23H,1,6-7,11-14H2,2-4H3/t16-,22-,23+/m0/s1. The Labute approximate surface area is 262 Å². The van der Waals surface area contributed by atoms with Crippen LogP contribution in [0.4, 0.5) is 14.6 Å². The van der Waals surface area contributed by atoms with Gasteiger partial charge in [0.15, 0.2) is 0 Å². The van der Waals surface area contributed by atoms with Crippen LogP contribution in [0.5, 0.6) is 0 Å². The fraction of sp³-hybridized carbons (Fsp3) is 0.414. The Morgan fingerprint density at radius 1 is 1.16 bits per heavy atom. The quantitative estimate of drug-likeness (QED) is 0.302. The molecule has 0 N–H and O–H groups in total. The molecule has 0 spiro atoms. The average Bonchev–Trinajstić information content (AvgIpc) is 3.34. The van der Waals surface area contributed by atoms with Gasteiger partial charge in [0, 0.05) is 66.5 Å². The second-order valence-electron chi connectivity index (χ2n) is 11.2. The van der Waals surface area contributed by atoms with Crippen LogP contribution in [0.3, 0.4) is 0 Å². The van der Waals surface area contributed by atoms with E-state index in [1.807, 2.05) is 11.0 Å². The summed E-state index contributed by atoms with van der Waals surface area (Å²) in [5, 5.41) is 0.378. The molecule has 6 rings (SSSR count). The summed E-state index contributed by atoms with van der Waals surface area (Å²) in [4.78, 5) is 35.2. The van der Waals surface area contributed by atoms with Gasteiger partial charge < -0.3 is 14.5 Å². The van der Waals surface area contributed by atoms with E-state index in [-0.39, 0.29) is 55.3 Å². The van der Waals surface area contributed by atoms with Gasteiger partial charge >= 0.3 is 5.69 Å². The number of ether oxygens (including phenoxy) is 1. The molecule has 3 atom stereocenters. The number of benzene rings is 2. The number of carbonyl (C=O) groups excluding carboxylic acids is 1. The van der Waals surface area contributed by atoms with Crippen LogP contribution in [0.1, 0.15) is 5.56 Å². The van der Waals surface area contributed by atoms with Crippen LogP contribution < -0.4 is 10.6 Å². The van der Waals surface area contributed by atoms with Crippen LogP contribution in [0.2, 0.25) is 5.02 Å². The van der Waals surface area contributed by atoms with Crippen molar-refractivity contribution in [2.45, 2.75) is 36.6 Å². The highest BCUT2D eigenvalue weighted by atomic mass is 35.5. The van der Waals surface area contributed by atoms with E-state index >= 15 is 4.39 Å². The van der Waals surface area contributed by atoms with E-state index < -0.39 is 39.4 Å². The molecule has 0 aliphatic carbocycles. The molecule has 0 unspecified atom stereocenters. The maximum absolute atomic E-state index is 15.3. The zero-order valence-corrected chi connectivity index (χ0v) is 26.6. The summed E-state index contributed by atoms with van der Waals surface area (Å²) < 4.78 is 63.1. The Morgan fingerprint density at radius 3 is 2.57 bits per heavy atom. The minimum Gasteiger partial charge on any atom is -0.379 e. The second-order valence-corrected chi connectivity index (χ2v) is 14.6. The van der Waals surface area contributed by atoms with Crippen molar-refractivity contribution < 1.29 is 26.7 Å². The molecule has 15 heteroatoms. The summed E-state index contributed by atoms with van der Waals surface area (Å²) >= 11 is 7.49. The maximum Gasteiger partial charge on any atom is 0.350 e. The monoisotopic (exact) mass is 665 g/mol. The van der Waals surface area contributed by atoms with E-state index in [0.717, 1.165) is 12.3 Å². The lowest BCUT2D eigenvalue weighted by atomic mass is 9.96. The number of piperazine rings is 1. The molecule has 10 nitrogen and oxygen atoms in total. The molecule has 1 amide bonds. The van der Waals surface area contributed by atoms with Gasteiger partial charge in [0.05, 0.1) is 41.5 Å². The molecule has 0 radical (unpaired) electrons. The Kier molecular flexibility index (Phi) is 8.02. The van der Waals surface area contributed by atoms with Crippen molar-refractivity contribution in [1.29, 1.82) is 0 Å². The summed E-state index contributed by atoms with van der Waals surface area (Å²) in [6, 6.07) is 2.82. The molecular weight excluding hydrogens is 636 g/mol. The number of rotatable bonds is 5. The number of amides is 1. The summed E-state index contributed by atoms with van der Waals surface area (Å²) in [5.74, 6) is -1.18. The molecule has 3 aliphatic heterocycles. The van der Waals surface area contributed by atoms with E-state index in [0.29, 0.717) is 38.5 Å². The predicted molar refractivity (Wildman–Crippen MR) is 166 cm³/mol. The molecule has 1 aromatic heterocycles. The van der Waals surface area contributed by atoms with Crippen molar-refractivity contribution in [2.24, 2.45) is 0 Å². The number of halogens is 3. The smallest absolute Gasteiger partial charge is 0.350 e. The van der Waals surface area contributed by atoms with Crippen LogP contribution in [-0.2, 0) is 26.1 Å². The highest BCUT2D eigenvalue weighted by molar-refractivity contribution is 7.99. The third kappa shape index (κ3) is 5.10. The first kappa shape index (κ1) is 31.0. The van der Waals surface area contributed by atoms with Gasteiger partial charge in [-0.25, -0.2) is 22.0 Å². The first-order chi connectivity index (χ1) is 20.8. The number of anilines is 1. The zero-order valence-electron chi connectivity index (χ0n) is 24.2. The molecule has 3 aliphatic rings. The minimum absolute atomic E-state index is 0.0962. The Morgan fingerprint density at radius 2 is 1.89 bits per heavy atom. The van der Waals surface area contributed by atoms with Crippen LogP contribution in [-0.4, -0.2) is 96.6 Å². The molecule has 2 fully saturated rings. The fourth-order valence-electron chi connectivity index (χ4n) is 6.49. The van der Waals surface area contributed by atoms with E-state index in [1.54, 1.807) is 18.9 Å². The molecule has 3 aromatic rings. The van der Waals surface area contributed by atoms with Crippen molar-refractivity contribution in [3.8, 4) is 11.1 Å². The normalized spacial score (nSPS) is 22.3. The van der Waals surface area contributed by atoms with Gasteiger partial charge in [-0.15, -0.1) is 11.8 Å². The molecule has 4 heterocycles. The van der Waals surface area contributed by atoms with Crippen molar-refractivity contribution in [3.05, 3.63) is 63.6 Å². The van der Waals surface area contributed by atoms with Crippen molar-refractivity contribution >= 4 is 56.0 Å². The summed E-state index contributed by atoms with van der Waals surface area (Å²) in [6.07, 6.45) is 1.98. The SMILES string of the molecule is C=CC(=O)N1CCN(c2nc(=O)n3c4c(c(-c5cc(Cl)c(F)cc5F)c(C)cc24)SC[C@@H](OC)C3)[C@@H]2CN(S(C)(=O)=O)C[C@@H]21. The first-order valence-corrected chi connectivity index (χ1v) is 17.1. The average molecular weight is 666 g/mol. The van der Waals surface area contributed by atoms with E-state index in [1.165, 1.54) is 32.8 Å². The summed E-state index contributed by atoms with van der Waals surface area (Å²) in [5.41, 5.74) is 1.19. The largest absolute Gasteiger partial charge is 0.379 e. The number of hydrogen-bond acceptors (Lipinski definition) is 8. The highest BCUT2D eigenvalue weighted by Gasteiger charge is 2.48. The van der Waals surface area contributed by atoms with Crippen LogP contribution in [0.15, 0.2) is 40.5 Å². The van der Waals surface area contributed by atoms with Gasteiger partial charge in [0.2, 0.25) is 15.9 Å². The van der Waals surface area contributed by atoms with Gasteiger partial charge in [-0.2, -0.15) is 9.29 Å². The maximum atomic E-state index is 15.3. The van der Waals surface area contributed by atoms with Gasteiger partial charge in [0.1, 0.15) is 17.5 Å². The van der Waals surface area contributed by atoms with Gasteiger partial charge in [0.25, 0.3) is 0 Å². The fourth-order valence-corrected chi connectivity index (χ4v) is 8.87. The number of fused-ring (bicyclic) bond motifs is 1. The van der Waals surface area contributed by atoms with Gasteiger partial charge in [-0.3, -0.25) is 9.36 Å². The third-order valence-corrected chi connectivity index (χ3v) is 11.4. The second kappa shape index (κ2) is 11.4. The van der Waals surface area contributed by atoms with Crippen LogP contribution >= 0.6 is 23.4 Å². The van der Waals surface area contributed by atoms with E-state index in [2.05, 4.69) is 11.6 Å². The van der Waals surface area contributed by atoms with Crippen LogP contribution in [0, 0.1) is 18.6 Å². The summed E-state index contributed by atoms with van der Waals surface area (Å²) in [6.45, 7) is 6.34. The van der Waals surface area contributed by atoms with E-state index in [9.17, 15) is 22.4 Å². The number of sulfonamides is 1. The number of methoxy groups -OCH3 is 1. The first-order valence-electron chi connectivity index (χ1n) is 13.9. The van der Waals surface area contributed by atoms with Crippen molar-refractivity contribution in [1.82, 2.24) is 18.8 Å². The highest BCUT2D eigenvalue weighted by Crippen LogP contribution is 2.45. The molecule has 0 bridgehead atoms. The zero-order chi connectivity index (χ0) is 31.7. The number of nitrogens with zero attached hydrogens (tertiary/aromatic N) is 5. The van der Waals surface area contributed by atoms with E-state index in [4.69, 9.17) is 16.3 Å². The third-order valence-electron chi connectivity index (χ3n) is 8.61. The topological polar surface area (TPSA) is 105 Å². The van der Waals surface area contributed by atoms with Gasteiger partial charge in [-0.05, 0) is 30.7 Å². The van der Waals surface area contributed by atoms with Crippen molar-refractivity contribution in [3.63, 3.8) is 0 Å². The molecule has 2 saturated heterocycles.